The molecular weight excluding hydrogens is 888 g/mol. The first-order valence-corrected chi connectivity index (χ1v) is 29.4. The van der Waals surface area contributed by atoms with Gasteiger partial charge >= 0.3 is 0 Å². The minimum atomic E-state index is -4.60. The number of phosphoric ester groups is 1. The van der Waals surface area contributed by atoms with Crippen LogP contribution in [0.2, 0.25) is 0 Å². The highest BCUT2D eigenvalue weighted by Crippen LogP contribution is 2.38. The number of carbonyl (C=O) groups excluding carboxylic acids is 1. The second-order valence-electron chi connectivity index (χ2n) is 19.6. The van der Waals surface area contributed by atoms with E-state index in [-0.39, 0.29) is 19.1 Å². The molecule has 0 bridgehead atoms. The summed E-state index contributed by atoms with van der Waals surface area (Å²) >= 11 is 0. The predicted octanol–water partition coefficient (Wildman–Crippen LogP) is 16.3. The summed E-state index contributed by atoms with van der Waals surface area (Å²) in [6, 6.07) is -0.896. The van der Waals surface area contributed by atoms with Crippen LogP contribution in [0.1, 0.15) is 206 Å². The van der Waals surface area contributed by atoms with Crippen molar-refractivity contribution in [3.8, 4) is 0 Å². The van der Waals surface area contributed by atoms with E-state index in [1.54, 1.807) is 6.08 Å². The third kappa shape index (κ3) is 52.7. The van der Waals surface area contributed by atoms with Crippen LogP contribution in [0.25, 0.3) is 0 Å². The van der Waals surface area contributed by atoms with Gasteiger partial charge in [-0.15, -0.1) is 0 Å². The second kappa shape index (κ2) is 50.8. The highest BCUT2D eigenvalue weighted by atomic mass is 31.2. The first kappa shape index (κ1) is 66.9. The van der Waals surface area contributed by atoms with Gasteiger partial charge in [-0.1, -0.05) is 232 Å². The van der Waals surface area contributed by atoms with Crippen LogP contribution in [-0.2, 0) is 18.4 Å². The Morgan fingerprint density at radius 2 is 0.871 bits per heavy atom. The maximum atomic E-state index is 12.9. The molecule has 0 aromatic heterocycles. The lowest BCUT2D eigenvalue weighted by atomic mass is 10.0. The fourth-order valence-electron chi connectivity index (χ4n) is 7.32. The van der Waals surface area contributed by atoms with E-state index >= 15 is 0 Å². The fraction of sp³-hybridized carbons (Fsp3) is 0.656. The first-order chi connectivity index (χ1) is 34.0. The zero-order valence-corrected chi connectivity index (χ0v) is 46.3. The van der Waals surface area contributed by atoms with Crippen molar-refractivity contribution in [2.45, 2.75) is 219 Å². The lowest BCUT2D eigenvalue weighted by Gasteiger charge is -2.29. The van der Waals surface area contributed by atoms with Crippen LogP contribution >= 0.6 is 7.82 Å². The van der Waals surface area contributed by atoms with Gasteiger partial charge in [0, 0.05) is 6.42 Å². The molecule has 0 aliphatic rings. The fourth-order valence-corrected chi connectivity index (χ4v) is 8.04. The lowest BCUT2D eigenvalue weighted by Crippen LogP contribution is -2.45. The number of phosphoric acid groups is 1. The molecule has 0 saturated heterocycles. The Labute approximate surface area is 431 Å². The molecule has 0 fully saturated rings. The van der Waals surface area contributed by atoms with E-state index in [0.717, 1.165) is 109 Å². The first-order valence-electron chi connectivity index (χ1n) is 27.9. The van der Waals surface area contributed by atoms with Crippen LogP contribution in [-0.4, -0.2) is 68.5 Å². The number of amides is 1. The molecule has 0 aliphatic heterocycles. The maximum absolute atomic E-state index is 12.9. The molecule has 3 atom stereocenters. The van der Waals surface area contributed by atoms with Crippen LogP contribution in [0.5, 0.6) is 0 Å². The van der Waals surface area contributed by atoms with Crippen molar-refractivity contribution in [3.63, 3.8) is 0 Å². The summed E-state index contributed by atoms with van der Waals surface area (Å²) in [6.07, 6.45) is 75.6. The van der Waals surface area contributed by atoms with Gasteiger partial charge in [0.1, 0.15) is 13.2 Å². The minimum Gasteiger partial charge on any atom is -0.756 e. The number of unbranched alkanes of at least 4 members (excludes halogenated alkanes) is 18. The molecule has 1 amide bonds. The Hall–Kier alpha value is -3.10. The minimum absolute atomic E-state index is 0.00802. The molecule has 400 valence electrons. The van der Waals surface area contributed by atoms with Gasteiger partial charge in [-0.3, -0.25) is 9.36 Å². The average Bonchev–Trinajstić information content (AvgIpc) is 3.32. The van der Waals surface area contributed by atoms with E-state index in [4.69, 9.17) is 9.05 Å². The number of likely N-dealkylation sites (N-methyl/N-ethyl adjacent to an activating group) is 1. The largest absolute Gasteiger partial charge is 0.756 e. The number of aliphatic hydroxyl groups excluding tert-OH is 1. The molecule has 0 aromatic carbocycles. The molecule has 8 nitrogen and oxygen atoms in total. The van der Waals surface area contributed by atoms with Gasteiger partial charge in [-0.25, -0.2) is 0 Å². The summed E-state index contributed by atoms with van der Waals surface area (Å²) in [4.78, 5) is 25.4. The topological polar surface area (TPSA) is 108 Å². The molecule has 0 aromatic rings. The van der Waals surface area contributed by atoms with Crippen molar-refractivity contribution in [1.82, 2.24) is 5.32 Å². The third-order valence-electron chi connectivity index (χ3n) is 11.7. The van der Waals surface area contributed by atoms with Crippen molar-refractivity contribution >= 4 is 13.7 Å². The van der Waals surface area contributed by atoms with E-state index in [1.165, 1.54) is 77.0 Å². The normalized spacial score (nSPS) is 14.9. The van der Waals surface area contributed by atoms with Crippen LogP contribution in [0.4, 0.5) is 0 Å². The van der Waals surface area contributed by atoms with Crippen molar-refractivity contribution in [1.29, 1.82) is 0 Å². The van der Waals surface area contributed by atoms with Gasteiger partial charge in [0.15, 0.2) is 0 Å². The molecule has 9 heteroatoms. The number of allylic oxidation sites excluding steroid dienone is 19. The lowest BCUT2D eigenvalue weighted by molar-refractivity contribution is -0.870. The van der Waals surface area contributed by atoms with Crippen LogP contribution < -0.4 is 10.2 Å². The number of hydrogen-bond donors (Lipinski definition) is 2. The highest BCUT2D eigenvalue weighted by molar-refractivity contribution is 7.45. The number of quaternary nitrogens is 1. The van der Waals surface area contributed by atoms with Gasteiger partial charge in [0.2, 0.25) is 5.91 Å². The molecule has 3 unspecified atom stereocenters. The summed E-state index contributed by atoms with van der Waals surface area (Å²) in [6.45, 7) is 4.49. The number of nitrogens with one attached hydrogen (secondary N) is 1. The molecular formula is C61H105N2O6P. The summed E-state index contributed by atoms with van der Waals surface area (Å²) in [5, 5.41) is 13.8. The van der Waals surface area contributed by atoms with Crippen molar-refractivity contribution < 1.29 is 32.9 Å². The zero-order chi connectivity index (χ0) is 51.3. The number of rotatable bonds is 49. The van der Waals surface area contributed by atoms with Crippen molar-refractivity contribution in [2.75, 3.05) is 40.9 Å². The quantitative estimate of drug-likeness (QED) is 0.0272. The third-order valence-corrected chi connectivity index (χ3v) is 12.6. The van der Waals surface area contributed by atoms with Gasteiger partial charge in [-0.2, -0.15) is 0 Å². The van der Waals surface area contributed by atoms with Crippen molar-refractivity contribution in [3.05, 3.63) is 122 Å². The van der Waals surface area contributed by atoms with E-state index in [2.05, 4.69) is 129 Å². The summed E-state index contributed by atoms with van der Waals surface area (Å²) in [5.74, 6) is -0.211. The van der Waals surface area contributed by atoms with Crippen LogP contribution in [0, 0.1) is 0 Å². The number of hydrogen-bond acceptors (Lipinski definition) is 6. The van der Waals surface area contributed by atoms with Crippen LogP contribution in [0.3, 0.4) is 0 Å². The van der Waals surface area contributed by atoms with Gasteiger partial charge in [-0.05, 0) is 89.9 Å². The average molecular weight is 993 g/mol. The van der Waals surface area contributed by atoms with Gasteiger partial charge < -0.3 is 28.8 Å². The van der Waals surface area contributed by atoms with E-state index in [0.29, 0.717) is 17.4 Å². The molecule has 0 saturated carbocycles. The number of aliphatic hydroxyl groups is 1. The SMILES string of the molecule is CC/C=C\C/C=C\C/C=C\C/C=C\C/C=C\C/C=C\C/C=C\C/C=C\C/C=C\CCCCCCCCCCCC(=O)NC(COP(=O)([O-])OCC[N+](C)(C)C)C(O)/C=C/CCCCCCCCCCC. The highest BCUT2D eigenvalue weighted by Gasteiger charge is 2.23. The standard InChI is InChI=1S/C61H105N2O6P/c1-6-8-10-12-14-16-18-19-20-21-22-23-24-25-26-27-28-29-30-31-32-33-34-35-36-37-38-39-40-41-42-43-45-47-49-51-53-55-61(65)62-59(58-69-70(66,67)68-57-56-63(3,4)5)60(64)54-52-50-48-46-44-17-15-13-11-9-7-2/h8,10,14,16,19-20,22-23,25-26,28-29,31-32,34-35,37-38,52,54,59-60,64H,6-7,9,11-13,15,17-18,21,24,27,30,33,36,39-51,53,55-58H2,1-5H3,(H-,62,65,66,67)/b10-8-,16-14-,20-19-,23-22-,26-25-,29-28-,32-31-,35-34-,38-37-,54-52+. The number of carbonyl (C=O) groups is 1. The van der Waals surface area contributed by atoms with Gasteiger partial charge in [0.05, 0.1) is 39.9 Å². The Kier molecular flexibility index (Phi) is 48.6. The molecule has 2 N–H and O–H groups in total. The summed E-state index contributed by atoms with van der Waals surface area (Å²) in [5.41, 5.74) is 0. The predicted molar refractivity (Wildman–Crippen MR) is 302 cm³/mol. The second-order valence-corrected chi connectivity index (χ2v) is 21.0. The monoisotopic (exact) mass is 993 g/mol. The molecule has 0 aliphatic carbocycles. The molecule has 0 heterocycles. The number of nitrogens with zero attached hydrogens (tertiary/aromatic N) is 1. The van der Waals surface area contributed by atoms with Crippen molar-refractivity contribution in [2.24, 2.45) is 0 Å². The Morgan fingerprint density at radius 1 is 0.514 bits per heavy atom. The maximum Gasteiger partial charge on any atom is 0.268 e. The van der Waals surface area contributed by atoms with E-state index in [1.807, 2.05) is 27.2 Å². The molecule has 70 heavy (non-hydrogen) atoms. The Bertz CT molecular complexity index is 1550. The summed E-state index contributed by atoms with van der Waals surface area (Å²) < 4.78 is 23.2. The molecule has 0 spiro atoms. The summed E-state index contributed by atoms with van der Waals surface area (Å²) in [7, 11) is 1.24. The Morgan fingerprint density at radius 3 is 1.27 bits per heavy atom. The molecule has 0 radical (unpaired) electrons. The van der Waals surface area contributed by atoms with E-state index in [9.17, 15) is 19.4 Å². The molecule has 0 rings (SSSR count). The van der Waals surface area contributed by atoms with E-state index < -0.39 is 20.0 Å². The van der Waals surface area contributed by atoms with Crippen LogP contribution in [0.15, 0.2) is 122 Å². The Balaban J connectivity index is 4.11. The van der Waals surface area contributed by atoms with Gasteiger partial charge in [0.25, 0.3) is 7.82 Å². The zero-order valence-electron chi connectivity index (χ0n) is 45.4. The smallest absolute Gasteiger partial charge is 0.268 e.